The number of nitrogens with zero attached hydrogens (tertiary/aromatic N) is 3. The molecule has 0 bridgehead atoms. The Kier molecular flexibility index (Phi) is 3.72. The molecule has 0 saturated heterocycles. The minimum atomic E-state index is -0.256. The summed E-state index contributed by atoms with van der Waals surface area (Å²) in [6, 6.07) is 8.26. The first-order valence-corrected chi connectivity index (χ1v) is 5.78. The SMILES string of the molecule is CCN(c1cccc(F)c1)c1ccnc(NC)n1. The van der Waals surface area contributed by atoms with Crippen LogP contribution in [0.3, 0.4) is 0 Å². The summed E-state index contributed by atoms with van der Waals surface area (Å²) in [5.41, 5.74) is 0.776. The number of aromatic nitrogens is 2. The molecule has 18 heavy (non-hydrogen) atoms. The van der Waals surface area contributed by atoms with E-state index in [2.05, 4.69) is 15.3 Å². The maximum absolute atomic E-state index is 13.3. The zero-order valence-corrected chi connectivity index (χ0v) is 10.4. The van der Waals surface area contributed by atoms with Crippen molar-refractivity contribution in [2.24, 2.45) is 0 Å². The molecule has 0 saturated carbocycles. The normalized spacial score (nSPS) is 10.2. The van der Waals surface area contributed by atoms with Crippen LogP contribution in [0.5, 0.6) is 0 Å². The van der Waals surface area contributed by atoms with Crippen molar-refractivity contribution in [1.82, 2.24) is 9.97 Å². The van der Waals surface area contributed by atoms with Crippen molar-refractivity contribution in [2.45, 2.75) is 6.92 Å². The van der Waals surface area contributed by atoms with E-state index in [-0.39, 0.29) is 5.82 Å². The van der Waals surface area contributed by atoms with Gasteiger partial charge in [-0.2, -0.15) is 4.98 Å². The molecule has 4 nitrogen and oxygen atoms in total. The van der Waals surface area contributed by atoms with Crippen LogP contribution in [-0.4, -0.2) is 23.6 Å². The quantitative estimate of drug-likeness (QED) is 0.900. The second-order valence-corrected chi connectivity index (χ2v) is 3.71. The number of benzene rings is 1. The van der Waals surface area contributed by atoms with Crippen LogP contribution in [0.4, 0.5) is 21.8 Å². The van der Waals surface area contributed by atoms with Gasteiger partial charge in [-0.25, -0.2) is 9.37 Å². The number of nitrogens with one attached hydrogen (secondary N) is 1. The van der Waals surface area contributed by atoms with Gasteiger partial charge in [-0.15, -0.1) is 0 Å². The highest BCUT2D eigenvalue weighted by atomic mass is 19.1. The third-order valence-electron chi connectivity index (χ3n) is 2.58. The standard InChI is InChI=1S/C13H15FN4/c1-3-18(11-6-4-5-10(14)9-11)12-7-8-16-13(15-2)17-12/h4-9H,3H2,1-2H3,(H,15,16,17). The van der Waals surface area contributed by atoms with Crippen LogP contribution in [0, 0.1) is 5.82 Å². The number of hydrogen-bond donors (Lipinski definition) is 1. The van der Waals surface area contributed by atoms with E-state index in [0.717, 1.165) is 11.5 Å². The molecule has 0 fully saturated rings. The van der Waals surface area contributed by atoms with E-state index in [1.54, 1.807) is 25.4 Å². The van der Waals surface area contributed by atoms with Crippen LogP contribution in [0.15, 0.2) is 36.5 Å². The fourth-order valence-electron chi connectivity index (χ4n) is 1.74. The number of rotatable bonds is 4. The molecule has 94 valence electrons. The smallest absolute Gasteiger partial charge is 0.224 e. The van der Waals surface area contributed by atoms with E-state index in [4.69, 9.17) is 0 Å². The van der Waals surface area contributed by atoms with E-state index in [9.17, 15) is 4.39 Å². The van der Waals surface area contributed by atoms with Gasteiger partial charge in [0.2, 0.25) is 5.95 Å². The molecule has 0 atom stereocenters. The van der Waals surface area contributed by atoms with Gasteiger partial charge in [0.05, 0.1) is 0 Å². The molecule has 0 aliphatic carbocycles. The van der Waals surface area contributed by atoms with Crippen LogP contribution < -0.4 is 10.2 Å². The Bertz CT molecular complexity index is 530. The first-order valence-electron chi connectivity index (χ1n) is 5.78. The summed E-state index contributed by atoms with van der Waals surface area (Å²) < 4.78 is 13.3. The van der Waals surface area contributed by atoms with Crippen LogP contribution in [0.2, 0.25) is 0 Å². The lowest BCUT2D eigenvalue weighted by Crippen LogP contribution is -2.18. The number of anilines is 3. The molecule has 0 radical (unpaired) electrons. The van der Waals surface area contributed by atoms with E-state index in [1.165, 1.54) is 12.1 Å². The Labute approximate surface area is 105 Å². The summed E-state index contributed by atoms with van der Waals surface area (Å²) in [5, 5.41) is 2.89. The van der Waals surface area contributed by atoms with Crippen molar-refractivity contribution in [2.75, 3.05) is 23.8 Å². The summed E-state index contributed by atoms with van der Waals surface area (Å²) in [7, 11) is 1.76. The van der Waals surface area contributed by atoms with Gasteiger partial charge >= 0.3 is 0 Å². The molecule has 5 heteroatoms. The van der Waals surface area contributed by atoms with Gasteiger partial charge in [0.25, 0.3) is 0 Å². The summed E-state index contributed by atoms with van der Waals surface area (Å²) in [5.74, 6) is 1.03. The fourth-order valence-corrected chi connectivity index (χ4v) is 1.74. The highest BCUT2D eigenvalue weighted by molar-refractivity contribution is 5.60. The van der Waals surface area contributed by atoms with Crippen molar-refractivity contribution >= 4 is 17.5 Å². The minimum absolute atomic E-state index is 0.256. The van der Waals surface area contributed by atoms with Crippen molar-refractivity contribution in [3.8, 4) is 0 Å². The average Bonchev–Trinajstić information content (AvgIpc) is 2.40. The van der Waals surface area contributed by atoms with Crippen molar-refractivity contribution in [3.63, 3.8) is 0 Å². The van der Waals surface area contributed by atoms with Gasteiger partial charge in [0, 0.05) is 25.5 Å². The summed E-state index contributed by atoms with van der Waals surface area (Å²) in [6.45, 7) is 2.69. The number of halogens is 1. The van der Waals surface area contributed by atoms with E-state index < -0.39 is 0 Å². The average molecular weight is 246 g/mol. The summed E-state index contributed by atoms with van der Waals surface area (Å²) >= 11 is 0. The second-order valence-electron chi connectivity index (χ2n) is 3.71. The lowest BCUT2D eigenvalue weighted by atomic mass is 10.2. The monoisotopic (exact) mass is 246 g/mol. The second kappa shape index (κ2) is 5.44. The van der Waals surface area contributed by atoms with Crippen molar-refractivity contribution in [1.29, 1.82) is 0 Å². The molecule has 1 N–H and O–H groups in total. The molecule has 0 spiro atoms. The predicted molar refractivity (Wildman–Crippen MR) is 70.7 cm³/mol. The summed E-state index contributed by atoms with van der Waals surface area (Å²) in [4.78, 5) is 10.3. The molecule has 1 heterocycles. The molecule has 0 unspecified atom stereocenters. The maximum atomic E-state index is 13.3. The van der Waals surface area contributed by atoms with Crippen LogP contribution in [0.1, 0.15) is 6.92 Å². The maximum Gasteiger partial charge on any atom is 0.224 e. The molecule has 0 aliphatic heterocycles. The number of hydrogen-bond acceptors (Lipinski definition) is 4. The third kappa shape index (κ3) is 2.56. The predicted octanol–water partition coefficient (Wildman–Crippen LogP) is 2.82. The Morgan fingerprint density at radius 2 is 2.17 bits per heavy atom. The third-order valence-corrected chi connectivity index (χ3v) is 2.58. The van der Waals surface area contributed by atoms with Gasteiger partial charge in [-0.3, -0.25) is 0 Å². The Morgan fingerprint density at radius 3 is 2.83 bits per heavy atom. The van der Waals surface area contributed by atoms with E-state index in [1.807, 2.05) is 17.9 Å². The first kappa shape index (κ1) is 12.3. The van der Waals surface area contributed by atoms with Gasteiger partial charge in [-0.1, -0.05) is 6.07 Å². The molecule has 1 aromatic heterocycles. The molecule has 1 aromatic carbocycles. The van der Waals surface area contributed by atoms with Gasteiger partial charge < -0.3 is 10.2 Å². The van der Waals surface area contributed by atoms with E-state index >= 15 is 0 Å². The van der Waals surface area contributed by atoms with Crippen molar-refractivity contribution < 1.29 is 4.39 Å². The van der Waals surface area contributed by atoms with Crippen LogP contribution in [-0.2, 0) is 0 Å². The zero-order valence-electron chi connectivity index (χ0n) is 10.4. The topological polar surface area (TPSA) is 41.1 Å². The first-order chi connectivity index (χ1) is 8.74. The zero-order chi connectivity index (χ0) is 13.0. The lowest BCUT2D eigenvalue weighted by Gasteiger charge is -2.22. The van der Waals surface area contributed by atoms with Gasteiger partial charge in [0.1, 0.15) is 11.6 Å². The molecule has 2 aromatic rings. The fraction of sp³-hybridized carbons (Fsp3) is 0.231. The molecular weight excluding hydrogens is 231 g/mol. The Balaban J connectivity index is 2.38. The van der Waals surface area contributed by atoms with Crippen molar-refractivity contribution in [3.05, 3.63) is 42.3 Å². The Morgan fingerprint density at radius 1 is 1.33 bits per heavy atom. The van der Waals surface area contributed by atoms with Crippen LogP contribution in [0.25, 0.3) is 0 Å². The molecular formula is C13H15FN4. The molecule has 0 aliphatic rings. The largest absolute Gasteiger partial charge is 0.357 e. The minimum Gasteiger partial charge on any atom is -0.357 e. The lowest BCUT2D eigenvalue weighted by molar-refractivity contribution is 0.627. The highest BCUT2D eigenvalue weighted by Gasteiger charge is 2.10. The van der Waals surface area contributed by atoms with E-state index in [0.29, 0.717) is 12.5 Å². The molecule has 2 rings (SSSR count). The Hall–Kier alpha value is -2.17. The van der Waals surface area contributed by atoms with Gasteiger partial charge in [-0.05, 0) is 31.2 Å². The molecule has 0 amide bonds. The van der Waals surface area contributed by atoms with Crippen LogP contribution >= 0.6 is 0 Å². The highest BCUT2D eigenvalue weighted by Crippen LogP contribution is 2.24. The van der Waals surface area contributed by atoms with Gasteiger partial charge in [0.15, 0.2) is 0 Å². The summed E-state index contributed by atoms with van der Waals surface area (Å²) in [6.07, 6.45) is 1.68.